The van der Waals surface area contributed by atoms with Gasteiger partial charge in [0.05, 0.1) is 18.7 Å². The first-order valence-corrected chi connectivity index (χ1v) is 8.51. The summed E-state index contributed by atoms with van der Waals surface area (Å²) in [5.41, 5.74) is 5.63. The van der Waals surface area contributed by atoms with Crippen LogP contribution in [0.3, 0.4) is 0 Å². The summed E-state index contributed by atoms with van der Waals surface area (Å²) in [5, 5.41) is 3.76. The van der Waals surface area contributed by atoms with E-state index in [-0.39, 0.29) is 11.4 Å². The molecule has 3 N–H and O–H groups in total. The summed E-state index contributed by atoms with van der Waals surface area (Å²) in [5.74, 6) is 0.625. The van der Waals surface area contributed by atoms with Crippen LogP contribution in [0.15, 0.2) is 18.2 Å². The van der Waals surface area contributed by atoms with E-state index in [9.17, 15) is 4.79 Å². The van der Waals surface area contributed by atoms with E-state index in [0.29, 0.717) is 33.8 Å². The van der Waals surface area contributed by atoms with Gasteiger partial charge in [0.1, 0.15) is 0 Å². The highest BCUT2D eigenvalue weighted by atomic mass is 35.5. The van der Waals surface area contributed by atoms with Gasteiger partial charge in [0.2, 0.25) is 0 Å². The maximum absolute atomic E-state index is 11.9. The fraction of sp³-hybridized carbons (Fsp3) is 0.412. The number of methoxy groups -OCH3 is 1. The SMILES string of the molecule is CCOc1cc(/C=C/C(=O)NNC(=S)NC(C)(C)C)cc(Cl)c1OC. The Morgan fingerprint density at radius 1 is 1.32 bits per heavy atom. The van der Waals surface area contributed by atoms with Gasteiger partial charge in [-0.15, -0.1) is 0 Å². The second-order valence-electron chi connectivity index (χ2n) is 6.12. The van der Waals surface area contributed by atoms with E-state index in [1.807, 2.05) is 27.7 Å². The number of hydrogen-bond donors (Lipinski definition) is 3. The summed E-state index contributed by atoms with van der Waals surface area (Å²) >= 11 is 11.3. The van der Waals surface area contributed by atoms with Gasteiger partial charge < -0.3 is 14.8 Å². The van der Waals surface area contributed by atoms with Gasteiger partial charge in [-0.2, -0.15) is 0 Å². The largest absolute Gasteiger partial charge is 0.491 e. The van der Waals surface area contributed by atoms with Crippen LogP contribution in [0.25, 0.3) is 6.08 Å². The molecule has 0 fully saturated rings. The number of benzene rings is 1. The predicted octanol–water partition coefficient (Wildman–Crippen LogP) is 3.05. The van der Waals surface area contributed by atoms with Gasteiger partial charge >= 0.3 is 0 Å². The number of hydrogen-bond acceptors (Lipinski definition) is 4. The lowest BCUT2D eigenvalue weighted by Crippen LogP contribution is -2.51. The minimum absolute atomic E-state index is 0.194. The third-order valence-corrected chi connectivity index (χ3v) is 3.24. The minimum Gasteiger partial charge on any atom is -0.491 e. The Hall–Kier alpha value is -1.99. The van der Waals surface area contributed by atoms with Crippen LogP contribution in [0.2, 0.25) is 5.02 Å². The van der Waals surface area contributed by atoms with Crippen LogP contribution in [-0.2, 0) is 4.79 Å². The molecule has 8 heteroatoms. The van der Waals surface area contributed by atoms with Crippen LogP contribution in [0.1, 0.15) is 33.3 Å². The maximum atomic E-state index is 11.9. The fourth-order valence-corrected chi connectivity index (χ4v) is 2.50. The van der Waals surface area contributed by atoms with Crippen molar-refractivity contribution in [3.63, 3.8) is 0 Å². The molecule has 1 rings (SSSR count). The normalized spacial score (nSPS) is 11.1. The summed E-state index contributed by atoms with van der Waals surface area (Å²) in [6, 6.07) is 3.43. The molecule has 0 radical (unpaired) electrons. The number of carbonyl (C=O) groups excluding carboxylic acids is 1. The zero-order valence-corrected chi connectivity index (χ0v) is 16.6. The summed E-state index contributed by atoms with van der Waals surface area (Å²) in [6.07, 6.45) is 2.98. The molecule has 1 aromatic rings. The lowest BCUT2D eigenvalue weighted by molar-refractivity contribution is -0.117. The van der Waals surface area contributed by atoms with Crippen molar-refractivity contribution < 1.29 is 14.3 Å². The minimum atomic E-state index is -0.358. The molecule has 0 aliphatic carbocycles. The summed E-state index contributed by atoms with van der Waals surface area (Å²) in [4.78, 5) is 11.9. The van der Waals surface area contributed by atoms with Crippen molar-refractivity contribution in [2.45, 2.75) is 33.2 Å². The first-order chi connectivity index (χ1) is 11.7. The average Bonchev–Trinajstić information content (AvgIpc) is 2.49. The first-order valence-electron chi connectivity index (χ1n) is 7.72. The van der Waals surface area contributed by atoms with Crippen LogP contribution in [0, 0.1) is 0 Å². The Bertz CT molecular complexity index is 657. The first kappa shape index (κ1) is 21.1. The Balaban J connectivity index is 2.71. The van der Waals surface area contributed by atoms with Gasteiger partial charge in [-0.3, -0.25) is 15.6 Å². The molecule has 6 nitrogen and oxygen atoms in total. The molecule has 0 saturated carbocycles. The highest BCUT2D eigenvalue weighted by molar-refractivity contribution is 7.80. The molecule has 0 unspecified atom stereocenters. The Labute approximate surface area is 158 Å². The molecular formula is C17H24ClN3O3S. The van der Waals surface area contributed by atoms with Crippen LogP contribution >= 0.6 is 23.8 Å². The number of carbonyl (C=O) groups is 1. The Morgan fingerprint density at radius 2 is 2.00 bits per heavy atom. The predicted molar refractivity (Wildman–Crippen MR) is 105 cm³/mol. The molecule has 0 heterocycles. The van der Waals surface area contributed by atoms with E-state index >= 15 is 0 Å². The van der Waals surface area contributed by atoms with Crippen LogP contribution in [0.5, 0.6) is 11.5 Å². The lowest BCUT2D eigenvalue weighted by atomic mass is 10.1. The molecule has 0 spiro atoms. The van der Waals surface area contributed by atoms with E-state index in [4.69, 9.17) is 33.3 Å². The molecule has 0 aliphatic rings. The van der Waals surface area contributed by atoms with E-state index < -0.39 is 0 Å². The van der Waals surface area contributed by atoms with Gasteiger partial charge in [0.25, 0.3) is 5.91 Å². The van der Waals surface area contributed by atoms with E-state index in [2.05, 4.69) is 16.2 Å². The van der Waals surface area contributed by atoms with Gasteiger partial charge in [-0.1, -0.05) is 11.6 Å². The molecule has 0 saturated heterocycles. The van der Waals surface area contributed by atoms with Crippen molar-refractivity contribution in [1.29, 1.82) is 0 Å². The molecule has 25 heavy (non-hydrogen) atoms. The Kier molecular flexibility index (Phi) is 7.99. The molecular weight excluding hydrogens is 362 g/mol. The molecule has 0 aromatic heterocycles. The van der Waals surface area contributed by atoms with Crippen molar-refractivity contribution in [3.8, 4) is 11.5 Å². The molecule has 0 bridgehead atoms. The van der Waals surface area contributed by atoms with E-state index in [1.165, 1.54) is 13.2 Å². The molecule has 0 atom stereocenters. The summed E-state index contributed by atoms with van der Waals surface area (Å²) < 4.78 is 10.7. The van der Waals surface area contributed by atoms with Gasteiger partial charge in [-0.25, -0.2) is 0 Å². The number of ether oxygens (including phenoxy) is 2. The standard InChI is InChI=1S/C17H24ClN3O3S/c1-6-24-13-10-11(9-12(18)15(13)23-5)7-8-14(22)20-21-16(25)19-17(2,3)4/h7-10H,6H2,1-5H3,(H,20,22)(H2,19,21,25)/b8-7+. The monoisotopic (exact) mass is 385 g/mol. The molecule has 1 amide bonds. The van der Waals surface area contributed by atoms with Gasteiger partial charge in [-0.05, 0) is 63.7 Å². The van der Waals surface area contributed by atoms with Crippen molar-refractivity contribution in [2.75, 3.05) is 13.7 Å². The number of halogens is 1. The smallest absolute Gasteiger partial charge is 0.262 e. The third kappa shape index (κ3) is 7.62. The van der Waals surface area contributed by atoms with Crippen molar-refractivity contribution in [2.24, 2.45) is 0 Å². The number of hydrazine groups is 1. The van der Waals surface area contributed by atoms with Gasteiger partial charge in [0.15, 0.2) is 16.6 Å². The fourth-order valence-electron chi connectivity index (χ4n) is 1.85. The summed E-state index contributed by atoms with van der Waals surface area (Å²) in [6.45, 7) is 8.23. The van der Waals surface area contributed by atoms with Gasteiger partial charge in [0, 0.05) is 11.6 Å². The summed E-state index contributed by atoms with van der Waals surface area (Å²) in [7, 11) is 1.52. The quantitative estimate of drug-likeness (QED) is 0.411. The number of amides is 1. The molecule has 0 aliphatic heterocycles. The highest BCUT2D eigenvalue weighted by Crippen LogP contribution is 2.36. The topological polar surface area (TPSA) is 71.6 Å². The van der Waals surface area contributed by atoms with E-state index in [0.717, 1.165) is 0 Å². The molecule has 1 aromatic carbocycles. The van der Waals surface area contributed by atoms with Crippen LogP contribution < -0.4 is 25.6 Å². The van der Waals surface area contributed by atoms with Crippen molar-refractivity contribution in [3.05, 3.63) is 28.8 Å². The average molecular weight is 386 g/mol. The number of rotatable bonds is 5. The second-order valence-corrected chi connectivity index (χ2v) is 6.93. The number of nitrogens with one attached hydrogen (secondary N) is 3. The lowest BCUT2D eigenvalue weighted by Gasteiger charge is -2.22. The number of thiocarbonyl (C=S) groups is 1. The van der Waals surface area contributed by atoms with Crippen LogP contribution in [0.4, 0.5) is 0 Å². The van der Waals surface area contributed by atoms with E-state index in [1.54, 1.807) is 18.2 Å². The van der Waals surface area contributed by atoms with Crippen molar-refractivity contribution in [1.82, 2.24) is 16.2 Å². The molecule has 138 valence electrons. The second kappa shape index (κ2) is 9.48. The zero-order valence-electron chi connectivity index (χ0n) is 15.0. The van der Waals surface area contributed by atoms with Crippen LogP contribution in [-0.4, -0.2) is 30.3 Å². The highest BCUT2D eigenvalue weighted by Gasteiger charge is 2.12. The Morgan fingerprint density at radius 3 is 2.56 bits per heavy atom. The van der Waals surface area contributed by atoms with Crippen molar-refractivity contribution >= 4 is 40.9 Å². The zero-order chi connectivity index (χ0) is 19.0. The third-order valence-electron chi connectivity index (χ3n) is 2.75. The maximum Gasteiger partial charge on any atom is 0.262 e.